The molecular weight excluding hydrogens is 429 g/mol. The van der Waals surface area contributed by atoms with Crippen LogP contribution in [0.25, 0.3) is 0 Å². The van der Waals surface area contributed by atoms with Crippen molar-refractivity contribution in [3.05, 3.63) is 83.4 Å². The van der Waals surface area contributed by atoms with Gasteiger partial charge in [0.05, 0.1) is 24.2 Å². The van der Waals surface area contributed by atoms with Crippen LogP contribution < -0.4 is 0 Å². The first-order chi connectivity index (χ1) is 15.2. The predicted octanol–water partition coefficient (Wildman–Crippen LogP) is 4.31. The van der Waals surface area contributed by atoms with Gasteiger partial charge in [0.2, 0.25) is 15.0 Å². The maximum absolute atomic E-state index is 13.2. The topological polar surface area (TPSA) is 72.3 Å². The number of amides is 1. The summed E-state index contributed by atoms with van der Waals surface area (Å²) < 4.78 is 41.3. The lowest BCUT2D eigenvalue weighted by Crippen LogP contribution is -2.31. The number of carbonyl (C=O) groups excluding carboxylic acids is 1. The summed E-state index contributed by atoms with van der Waals surface area (Å²) in [4.78, 5) is 18.8. The Bertz CT molecular complexity index is 1160. The summed E-state index contributed by atoms with van der Waals surface area (Å²) in [5.74, 6) is -0.628. The van der Waals surface area contributed by atoms with E-state index in [1.165, 1.54) is 30.5 Å². The standard InChI is InChI=1S/C24H28FN3O3S/c1-4-27(23(29)20-10-12-21(25)13-11-20)16-22-14-26-24(28(22)15-18(2)3)32(30,31)17-19-8-6-5-7-9-19/h5-14,18H,4,15-17H2,1-3H3. The highest BCUT2D eigenvalue weighted by atomic mass is 32.2. The second-order valence-electron chi connectivity index (χ2n) is 8.11. The van der Waals surface area contributed by atoms with E-state index in [9.17, 15) is 17.6 Å². The molecule has 0 aliphatic rings. The lowest BCUT2D eigenvalue weighted by atomic mass is 10.2. The summed E-state index contributed by atoms with van der Waals surface area (Å²) in [5.41, 5.74) is 1.71. The zero-order chi connectivity index (χ0) is 23.3. The van der Waals surface area contributed by atoms with Gasteiger partial charge < -0.3 is 9.47 Å². The van der Waals surface area contributed by atoms with Crippen LogP contribution in [-0.2, 0) is 28.7 Å². The molecule has 3 aromatic rings. The quantitative estimate of drug-likeness (QED) is 0.480. The van der Waals surface area contributed by atoms with Crippen molar-refractivity contribution in [1.29, 1.82) is 0 Å². The van der Waals surface area contributed by atoms with Crippen LogP contribution >= 0.6 is 0 Å². The van der Waals surface area contributed by atoms with E-state index in [4.69, 9.17) is 0 Å². The second-order valence-corrected chi connectivity index (χ2v) is 9.99. The molecule has 0 atom stereocenters. The fourth-order valence-electron chi connectivity index (χ4n) is 3.48. The Morgan fingerprint density at radius 3 is 2.34 bits per heavy atom. The van der Waals surface area contributed by atoms with Gasteiger partial charge in [0.25, 0.3) is 5.91 Å². The summed E-state index contributed by atoms with van der Waals surface area (Å²) >= 11 is 0. The first-order valence-electron chi connectivity index (χ1n) is 10.6. The lowest BCUT2D eigenvalue weighted by molar-refractivity contribution is 0.0748. The zero-order valence-electron chi connectivity index (χ0n) is 18.5. The average Bonchev–Trinajstić information content (AvgIpc) is 3.15. The van der Waals surface area contributed by atoms with Crippen molar-refractivity contribution in [2.24, 2.45) is 5.92 Å². The van der Waals surface area contributed by atoms with Crippen LogP contribution in [-0.4, -0.2) is 35.3 Å². The van der Waals surface area contributed by atoms with Crippen LogP contribution in [0.1, 0.15) is 42.4 Å². The molecule has 2 aromatic carbocycles. The molecular formula is C24H28FN3O3S. The van der Waals surface area contributed by atoms with Crippen LogP contribution in [0.4, 0.5) is 4.39 Å². The van der Waals surface area contributed by atoms with Gasteiger partial charge in [-0.3, -0.25) is 4.79 Å². The molecule has 0 spiro atoms. The third-order valence-corrected chi connectivity index (χ3v) is 6.64. The summed E-state index contributed by atoms with van der Waals surface area (Å²) in [6.45, 7) is 6.92. The monoisotopic (exact) mass is 457 g/mol. The predicted molar refractivity (Wildman–Crippen MR) is 121 cm³/mol. The van der Waals surface area contributed by atoms with Crippen molar-refractivity contribution in [3.63, 3.8) is 0 Å². The van der Waals surface area contributed by atoms with Gasteiger partial charge in [-0.2, -0.15) is 0 Å². The molecule has 0 saturated carbocycles. The smallest absolute Gasteiger partial charge is 0.254 e. The number of benzene rings is 2. The van der Waals surface area contributed by atoms with Crippen LogP contribution in [0.2, 0.25) is 0 Å². The number of imidazole rings is 1. The molecule has 0 unspecified atom stereocenters. The number of sulfone groups is 1. The number of hydrogen-bond acceptors (Lipinski definition) is 4. The third-order valence-electron chi connectivity index (χ3n) is 5.04. The fraction of sp³-hybridized carbons (Fsp3) is 0.333. The molecule has 0 bridgehead atoms. The molecule has 0 aliphatic carbocycles. The van der Waals surface area contributed by atoms with E-state index in [0.717, 1.165) is 0 Å². The molecule has 6 nitrogen and oxygen atoms in total. The Morgan fingerprint density at radius 2 is 1.75 bits per heavy atom. The van der Waals surface area contributed by atoms with Gasteiger partial charge in [-0.15, -0.1) is 0 Å². The molecule has 3 rings (SSSR count). The van der Waals surface area contributed by atoms with Gasteiger partial charge in [-0.05, 0) is 42.7 Å². The highest BCUT2D eigenvalue weighted by Gasteiger charge is 2.26. The average molecular weight is 458 g/mol. The first kappa shape index (κ1) is 23.7. The molecule has 0 radical (unpaired) electrons. The summed E-state index contributed by atoms with van der Waals surface area (Å²) in [5, 5.41) is 0.00957. The van der Waals surface area contributed by atoms with Crippen molar-refractivity contribution in [2.45, 2.75) is 44.8 Å². The van der Waals surface area contributed by atoms with Crippen LogP contribution in [0.3, 0.4) is 0 Å². The van der Waals surface area contributed by atoms with Gasteiger partial charge in [0, 0.05) is 18.7 Å². The number of halogens is 1. The fourth-order valence-corrected chi connectivity index (χ4v) is 4.98. The molecule has 1 heterocycles. The first-order valence-corrected chi connectivity index (χ1v) is 12.2. The van der Waals surface area contributed by atoms with Crippen molar-refractivity contribution in [2.75, 3.05) is 6.54 Å². The van der Waals surface area contributed by atoms with E-state index in [-0.39, 0.29) is 29.3 Å². The van der Waals surface area contributed by atoms with Gasteiger partial charge >= 0.3 is 0 Å². The summed E-state index contributed by atoms with van der Waals surface area (Å²) in [6.07, 6.45) is 1.53. The van der Waals surface area contributed by atoms with Crippen LogP contribution in [0.15, 0.2) is 66.0 Å². The third kappa shape index (κ3) is 5.62. The Morgan fingerprint density at radius 1 is 1.09 bits per heavy atom. The van der Waals surface area contributed by atoms with Gasteiger partial charge in [-0.25, -0.2) is 17.8 Å². The molecule has 0 aliphatic heterocycles. The van der Waals surface area contributed by atoms with E-state index in [1.54, 1.807) is 33.7 Å². The van der Waals surface area contributed by atoms with E-state index >= 15 is 0 Å². The number of carbonyl (C=O) groups is 1. The molecule has 0 saturated heterocycles. The Hall–Kier alpha value is -3.00. The van der Waals surface area contributed by atoms with Crippen molar-refractivity contribution in [1.82, 2.24) is 14.5 Å². The largest absolute Gasteiger partial charge is 0.333 e. The van der Waals surface area contributed by atoms with Crippen molar-refractivity contribution < 1.29 is 17.6 Å². The van der Waals surface area contributed by atoms with Crippen molar-refractivity contribution >= 4 is 15.7 Å². The molecule has 8 heteroatoms. The minimum atomic E-state index is -3.68. The molecule has 170 valence electrons. The molecule has 32 heavy (non-hydrogen) atoms. The Balaban J connectivity index is 1.91. The van der Waals surface area contributed by atoms with E-state index in [2.05, 4.69) is 4.98 Å². The molecule has 1 aromatic heterocycles. The van der Waals surface area contributed by atoms with Gasteiger partial charge in [-0.1, -0.05) is 44.2 Å². The molecule has 1 amide bonds. The van der Waals surface area contributed by atoms with Gasteiger partial charge in [0.1, 0.15) is 5.82 Å². The number of aromatic nitrogens is 2. The highest BCUT2D eigenvalue weighted by molar-refractivity contribution is 7.90. The minimum absolute atomic E-state index is 0.00957. The minimum Gasteiger partial charge on any atom is -0.333 e. The lowest BCUT2D eigenvalue weighted by Gasteiger charge is -2.23. The molecule has 0 N–H and O–H groups in total. The van der Waals surface area contributed by atoms with Crippen molar-refractivity contribution in [3.8, 4) is 0 Å². The van der Waals surface area contributed by atoms with E-state index in [1.807, 2.05) is 26.8 Å². The Kier molecular flexibility index (Phi) is 7.45. The highest BCUT2D eigenvalue weighted by Crippen LogP contribution is 2.21. The maximum Gasteiger partial charge on any atom is 0.254 e. The van der Waals surface area contributed by atoms with Gasteiger partial charge in [0.15, 0.2) is 0 Å². The van der Waals surface area contributed by atoms with E-state index < -0.39 is 15.7 Å². The van der Waals surface area contributed by atoms with Crippen LogP contribution in [0.5, 0.6) is 0 Å². The SMILES string of the molecule is CCN(Cc1cnc(S(=O)(=O)Cc2ccccc2)n1CC(C)C)C(=O)c1ccc(F)cc1. The maximum atomic E-state index is 13.2. The van der Waals surface area contributed by atoms with Crippen LogP contribution in [0, 0.1) is 11.7 Å². The number of hydrogen-bond donors (Lipinski definition) is 0. The van der Waals surface area contributed by atoms with E-state index in [0.29, 0.717) is 29.9 Å². The Labute approximate surface area is 188 Å². The number of nitrogens with zero attached hydrogens (tertiary/aromatic N) is 3. The summed E-state index contributed by atoms with van der Waals surface area (Å²) in [6, 6.07) is 14.4. The molecule has 0 fully saturated rings. The second kappa shape index (κ2) is 10.1. The normalized spacial score (nSPS) is 11.7. The number of rotatable bonds is 9. The summed E-state index contributed by atoms with van der Waals surface area (Å²) in [7, 11) is -3.68. The zero-order valence-corrected chi connectivity index (χ0v) is 19.3.